The minimum atomic E-state index is -0.920. The maximum atomic E-state index is 12.2. The van der Waals surface area contributed by atoms with Crippen LogP contribution in [0.4, 0.5) is 0 Å². The van der Waals surface area contributed by atoms with Gasteiger partial charge in [0.15, 0.2) is 2.88 Å². The molecule has 1 aliphatic rings. The van der Waals surface area contributed by atoms with Crippen LogP contribution >= 0.6 is 35.2 Å². The number of carbonyl (C=O) groups is 1. The van der Waals surface area contributed by atoms with Gasteiger partial charge in [0.25, 0.3) is 0 Å². The minimum Gasteiger partial charge on any atom is -0.466 e. The highest BCUT2D eigenvalue weighted by atomic mass is 127. The lowest BCUT2D eigenvalue weighted by atomic mass is 9.84. The summed E-state index contributed by atoms with van der Waals surface area (Å²) in [5, 5.41) is 8.37. The second-order valence-corrected chi connectivity index (χ2v) is 7.56. The molecule has 1 aliphatic heterocycles. The van der Waals surface area contributed by atoms with Gasteiger partial charge in [-0.1, -0.05) is 6.07 Å². The number of halogens is 1. The van der Waals surface area contributed by atoms with Gasteiger partial charge >= 0.3 is 5.97 Å². The first-order valence-electron chi connectivity index (χ1n) is 5.85. The first-order valence-corrected chi connectivity index (χ1v) is 7.38. The van der Waals surface area contributed by atoms with Crippen molar-refractivity contribution in [1.82, 2.24) is 4.98 Å². The molecule has 7 heteroatoms. The number of nitrogens with zero attached hydrogens (tertiary/aromatic N) is 3. The second-order valence-electron chi connectivity index (χ2n) is 4.38. The Morgan fingerprint density at radius 1 is 1.53 bits per heavy atom. The van der Waals surface area contributed by atoms with Crippen molar-refractivity contribution in [3.05, 3.63) is 30.1 Å². The molecule has 0 radical (unpaired) electrons. The number of carbonyl (C=O) groups excluding carboxylic acids is 1. The lowest BCUT2D eigenvalue weighted by molar-refractivity contribution is -0.149. The number of thiol groups is 1. The van der Waals surface area contributed by atoms with E-state index in [1.165, 1.54) is 0 Å². The number of hydrogen-bond donors (Lipinski definition) is 1. The number of alkyl halides is 1. The van der Waals surface area contributed by atoms with E-state index >= 15 is 0 Å². The maximum absolute atomic E-state index is 12.2. The zero-order valence-corrected chi connectivity index (χ0v) is 13.6. The Morgan fingerprint density at radius 3 is 2.84 bits per heavy atom. The molecule has 0 aliphatic carbocycles. The fourth-order valence-electron chi connectivity index (χ4n) is 2.11. The van der Waals surface area contributed by atoms with E-state index in [0.29, 0.717) is 12.3 Å². The van der Waals surface area contributed by atoms with Gasteiger partial charge in [-0.2, -0.15) is 10.2 Å². The number of hydrogen-bond acceptors (Lipinski definition) is 6. The van der Waals surface area contributed by atoms with E-state index in [9.17, 15) is 4.79 Å². The van der Waals surface area contributed by atoms with Crippen molar-refractivity contribution in [2.24, 2.45) is 16.1 Å². The van der Waals surface area contributed by atoms with Gasteiger partial charge in [-0.3, -0.25) is 9.78 Å². The largest absolute Gasteiger partial charge is 0.466 e. The summed E-state index contributed by atoms with van der Waals surface area (Å²) < 4.78 is 4.22. The van der Waals surface area contributed by atoms with E-state index in [-0.39, 0.29) is 5.97 Å². The molecule has 1 aromatic rings. The van der Waals surface area contributed by atoms with E-state index in [1.807, 2.05) is 47.7 Å². The van der Waals surface area contributed by atoms with Gasteiger partial charge in [-0.25, -0.2) is 0 Å². The molecule has 0 N–H and O–H groups in total. The van der Waals surface area contributed by atoms with Crippen LogP contribution in [-0.4, -0.2) is 20.4 Å². The van der Waals surface area contributed by atoms with E-state index in [0.717, 1.165) is 0 Å². The summed E-state index contributed by atoms with van der Waals surface area (Å²) in [5.41, 5.74) is -0.166. The van der Waals surface area contributed by atoms with Crippen molar-refractivity contribution < 1.29 is 9.53 Å². The van der Waals surface area contributed by atoms with Crippen molar-refractivity contribution in [3.63, 3.8) is 0 Å². The summed E-state index contributed by atoms with van der Waals surface area (Å²) in [4.78, 5) is 16.5. The summed E-state index contributed by atoms with van der Waals surface area (Å²) >= 11 is 6.45. The first-order chi connectivity index (χ1) is 8.92. The Bertz CT molecular complexity index is 509. The number of pyridine rings is 1. The molecular weight excluding hydrogens is 377 g/mol. The average Bonchev–Trinajstić information content (AvgIpc) is 2.63. The van der Waals surface area contributed by atoms with E-state index < -0.39 is 14.3 Å². The molecule has 1 aromatic heterocycles. The highest BCUT2D eigenvalue weighted by molar-refractivity contribution is 14.1. The molecule has 2 rings (SSSR count). The van der Waals surface area contributed by atoms with Crippen LogP contribution < -0.4 is 0 Å². The zero-order chi connectivity index (χ0) is 14.1. The number of esters is 1. The molecule has 3 atom stereocenters. The van der Waals surface area contributed by atoms with Gasteiger partial charge in [-0.15, -0.1) is 12.6 Å². The van der Waals surface area contributed by atoms with E-state index in [1.54, 1.807) is 13.1 Å². The quantitative estimate of drug-likeness (QED) is 0.283. The van der Waals surface area contributed by atoms with Crippen LogP contribution in [-0.2, 0) is 15.1 Å². The third-order valence-corrected chi connectivity index (χ3v) is 4.22. The minimum absolute atomic E-state index is 0.314. The molecule has 0 amide bonds. The molecular formula is C12H14IN3O2S. The lowest BCUT2D eigenvalue weighted by Crippen LogP contribution is -2.42. The maximum Gasteiger partial charge on any atom is 0.316 e. The smallest absolute Gasteiger partial charge is 0.316 e. The Morgan fingerprint density at radius 2 is 2.26 bits per heavy atom. The summed E-state index contributed by atoms with van der Waals surface area (Å²) in [7, 11) is 0. The molecule has 19 heavy (non-hydrogen) atoms. The van der Waals surface area contributed by atoms with Crippen molar-refractivity contribution >= 4 is 41.2 Å². The molecule has 5 nitrogen and oxygen atoms in total. The number of rotatable bonds is 3. The van der Waals surface area contributed by atoms with Crippen LogP contribution in [0.3, 0.4) is 0 Å². The topological polar surface area (TPSA) is 63.9 Å². The van der Waals surface area contributed by atoms with Crippen LogP contribution in [0.2, 0.25) is 0 Å². The Kier molecular flexibility index (Phi) is 4.14. The van der Waals surface area contributed by atoms with Crippen LogP contribution in [0.1, 0.15) is 19.5 Å². The van der Waals surface area contributed by atoms with E-state index in [4.69, 9.17) is 4.74 Å². The molecule has 0 fully saturated rings. The second kappa shape index (κ2) is 5.35. The van der Waals surface area contributed by atoms with Gasteiger partial charge in [0.1, 0.15) is 11.5 Å². The SMILES string of the molecule is CCOC(=O)C1C(S)(I)N=NC1(C)c1ccccn1. The number of ether oxygens (including phenoxy) is 1. The standard InChI is InChI=1S/C12H14IN3O2S/c1-3-18-10(17)9-11(2,15-16-12(9,13)19)8-6-4-5-7-14-8/h4-7,9,19H,3H2,1-2H3. The predicted molar refractivity (Wildman–Crippen MR) is 82.3 cm³/mol. The fourth-order valence-corrected chi connectivity index (χ4v) is 3.48. The van der Waals surface area contributed by atoms with Gasteiger partial charge in [0, 0.05) is 6.20 Å². The normalized spacial score (nSPS) is 33.4. The molecule has 2 heterocycles. The van der Waals surface area contributed by atoms with Crippen molar-refractivity contribution in [2.75, 3.05) is 6.61 Å². The van der Waals surface area contributed by atoms with Crippen molar-refractivity contribution in [2.45, 2.75) is 22.3 Å². The van der Waals surface area contributed by atoms with Gasteiger partial charge < -0.3 is 4.74 Å². The van der Waals surface area contributed by atoms with Crippen LogP contribution in [0.15, 0.2) is 34.6 Å². The van der Waals surface area contributed by atoms with Crippen LogP contribution in [0.25, 0.3) is 0 Å². The third-order valence-electron chi connectivity index (χ3n) is 3.03. The highest BCUT2D eigenvalue weighted by Crippen LogP contribution is 2.52. The zero-order valence-electron chi connectivity index (χ0n) is 10.6. The van der Waals surface area contributed by atoms with Crippen LogP contribution in [0.5, 0.6) is 0 Å². The highest BCUT2D eigenvalue weighted by Gasteiger charge is 2.58. The number of aromatic nitrogens is 1. The van der Waals surface area contributed by atoms with Crippen molar-refractivity contribution in [1.29, 1.82) is 0 Å². The molecule has 0 saturated carbocycles. The van der Waals surface area contributed by atoms with Crippen molar-refractivity contribution in [3.8, 4) is 0 Å². The summed E-state index contributed by atoms with van der Waals surface area (Å²) in [6.45, 7) is 3.91. The monoisotopic (exact) mass is 391 g/mol. The first kappa shape index (κ1) is 14.7. The van der Waals surface area contributed by atoms with Gasteiger partial charge in [0.2, 0.25) is 0 Å². The summed E-state index contributed by atoms with van der Waals surface area (Å²) in [5.74, 6) is -0.969. The Hall–Kier alpha value is -0.700. The average molecular weight is 391 g/mol. The Balaban J connectivity index is 2.44. The summed E-state index contributed by atoms with van der Waals surface area (Å²) in [6.07, 6.45) is 1.67. The fraction of sp³-hybridized carbons (Fsp3) is 0.500. The predicted octanol–water partition coefficient (Wildman–Crippen LogP) is 2.96. The third kappa shape index (κ3) is 2.62. The molecule has 0 bridgehead atoms. The Labute approximate surface area is 130 Å². The number of azo groups is 1. The lowest BCUT2D eigenvalue weighted by Gasteiger charge is -2.29. The molecule has 0 aromatic carbocycles. The molecule has 3 unspecified atom stereocenters. The molecule has 102 valence electrons. The van der Waals surface area contributed by atoms with Gasteiger partial charge in [0.05, 0.1) is 12.3 Å². The molecule has 0 spiro atoms. The summed E-state index contributed by atoms with van der Waals surface area (Å²) in [6, 6.07) is 5.50. The van der Waals surface area contributed by atoms with Crippen LogP contribution in [0, 0.1) is 5.92 Å². The van der Waals surface area contributed by atoms with Gasteiger partial charge in [-0.05, 0) is 48.6 Å². The molecule has 0 saturated heterocycles. The van der Waals surface area contributed by atoms with E-state index in [2.05, 4.69) is 27.8 Å².